The number of hydrogen-bond acceptors (Lipinski definition) is 5. The molecular formula is C21H20ClN3O2S. The van der Waals surface area contributed by atoms with Crippen LogP contribution >= 0.6 is 22.9 Å². The number of halogens is 1. The maximum Gasteiger partial charge on any atom is 0.183 e. The Kier molecular flexibility index (Phi) is 5.41. The van der Waals surface area contributed by atoms with Crippen LogP contribution in [0.3, 0.4) is 0 Å². The number of nitrogens with one attached hydrogen (secondary N) is 2. The van der Waals surface area contributed by atoms with Gasteiger partial charge in [-0.25, -0.2) is 4.98 Å². The molecule has 2 N–H and O–H groups in total. The first-order valence-electron chi connectivity index (χ1n) is 8.85. The summed E-state index contributed by atoms with van der Waals surface area (Å²) in [6.07, 6.45) is 2.92. The summed E-state index contributed by atoms with van der Waals surface area (Å²) in [5.74, 6) is 1.50. The Morgan fingerprint density at radius 2 is 2.04 bits per heavy atom. The lowest BCUT2D eigenvalue weighted by Gasteiger charge is -2.08. The highest BCUT2D eigenvalue weighted by Gasteiger charge is 2.11. The van der Waals surface area contributed by atoms with E-state index in [1.807, 2.05) is 48.0 Å². The smallest absolute Gasteiger partial charge is 0.183 e. The van der Waals surface area contributed by atoms with Gasteiger partial charge in [0.1, 0.15) is 11.5 Å². The number of hydrogen-bond donors (Lipinski definition) is 2. The van der Waals surface area contributed by atoms with Gasteiger partial charge in [0.2, 0.25) is 0 Å². The second-order valence-electron chi connectivity index (χ2n) is 6.28. The zero-order chi connectivity index (χ0) is 19.5. The summed E-state index contributed by atoms with van der Waals surface area (Å²) in [7, 11) is 3.29. The third-order valence-electron chi connectivity index (χ3n) is 4.59. The minimum Gasteiger partial charge on any atom is -0.497 e. The SMILES string of the molecule is COc1ccc(-c2csc(NCCc3c[nH]c4ccc(Cl)cc34)n2)c(OC)c1. The van der Waals surface area contributed by atoms with Crippen molar-refractivity contribution in [2.75, 3.05) is 26.1 Å². The van der Waals surface area contributed by atoms with Crippen molar-refractivity contribution in [1.82, 2.24) is 9.97 Å². The Labute approximate surface area is 172 Å². The number of aromatic amines is 1. The van der Waals surface area contributed by atoms with E-state index in [0.717, 1.165) is 56.8 Å². The summed E-state index contributed by atoms with van der Waals surface area (Å²) in [5.41, 5.74) is 4.16. The quantitative estimate of drug-likeness (QED) is 0.413. The highest BCUT2D eigenvalue weighted by Crippen LogP contribution is 2.34. The molecule has 5 nitrogen and oxygen atoms in total. The number of H-pyrrole nitrogens is 1. The number of fused-ring (bicyclic) bond motifs is 1. The number of anilines is 1. The first kappa shape index (κ1) is 18.7. The van der Waals surface area contributed by atoms with Crippen LogP contribution in [0.15, 0.2) is 48.0 Å². The molecule has 0 amide bonds. The average molecular weight is 414 g/mol. The number of aromatic nitrogens is 2. The van der Waals surface area contributed by atoms with Crippen LogP contribution in [0, 0.1) is 0 Å². The van der Waals surface area contributed by atoms with Gasteiger partial charge in [0.05, 0.1) is 19.9 Å². The van der Waals surface area contributed by atoms with Crippen molar-refractivity contribution in [3.05, 3.63) is 58.6 Å². The highest BCUT2D eigenvalue weighted by molar-refractivity contribution is 7.14. The Morgan fingerprint density at radius 1 is 1.14 bits per heavy atom. The van der Waals surface area contributed by atoms with Gasteiger partial charge in [-0.3, -0.25) is 0 Å². The topological polar surface area (TPSA) is 59.2 Å². The van der Waals surface area contributed by atoms with E-state index in [4.69, 9.17) is 26.1 Å². The van der Waals surface area contributed by atoms with E-state index in [9.17, 15) is 0 Å². The number of nitrogens with zero attached hydrogens (tertiary/aromatic N) is 1. The number of rotatable bonds is 7. The minimum atomic E-state index is 0.742. The molecule has 4 aromatic rings. The van der Waals surface area contributed by atoms with Crippen LogP contribution in [-0.4, -0.2) is 30.7 Å². The molecule has 0 spiro atoms. The lowest BCUT2D eigenvalue weighted by atomic mass is 10.1. The van der Waals surface area contributed by atoms with Crippen LogP contribution in [0.5, 0.6) is 11.5 Å². The van der Waals surface area contributed by atoms with E-state index in [0.29, 0.717) is 0 Å². The summed E-state index contributed by atoms with van der Waals surface area (Å²) < 4.78 is 10.7. The molecule has 0 radical (unpaired) electrons. The Bertz CT molecular complexity index is 1110. The van der Waals surface area contributed by atoms with Crippen molar-refractivity contribution in [2.45, 2.75) is 6.42 Å². The van der Waals surface area contributed by atoms with E-state index >= 15 is 0 Å². The Balaban J connectivity index is 1.44. The predicted molar refractivity (Wildman–Crippen MR) is 116 cm³/mol. The van der Waals surface area contributed by atoms with Gasteiger partial charge in [-0.05, 0) is 42.3 Å². The molecular weight excluding hydrogens is 394 g/mol. The van der Waals surface area contributed by atoms with E-state index in [1.165, 1.54) is 5.56 Å². The molecule has 28 heavy (non-hydrogen) atoms. The normalized spacial score (nSPS) is 11.0. The zero-order valence-corrected chi connectivity index (χ0v) is 17.2. The van der Waals surface area contributed by atoms with E-state index in [-0.39, 0.29) is 0 Å². The Morgan fingerprint density at radius 3 is 2.86 bits per heavy atom. The molecule has 0 aliphatic rings. The van der Waals surface area contributed by atoms with Gasteiger partial charge in [-0.2, -0.15) is 0 Å². The van der Waals surface area contributed by atoms with Crippen LogP contribution < -0.4 is 14.8 Å². The van der Waals surface area contributed by atoms with Crippen LogP contribution in [-0.2, 0) is 6.42 Å². The molecule has 0 unspecified atom stereocenters. The largest absolute Gasteiger partial charge is 0.497 e. The monoisotopic (exact) mass is 413 g/mol. The lowest BCUT2D eigenvalue weighted by Crippen LogP contribution is -2.04. The molecule has 144 valence electrons. The van der Waals surface area contributed by atoms with Crippen molar-refractivity contribution >= 4 is 39.0 Å². The molecule has 2 aromatic carbocycles. The number of benzene rings is 2. The number of methoxy groups -OCH3 is 2. The van der Waals surface area contributed by atoms with E-state index in [2.05, 4.69) is 10.3 Å². The highest BCUT2D eigenvalue weighted by atomic mass is 35.5. The average Bonchev–Trinajstić information content (AvgIpc) is 3.34. The van der Waals surface area contributed by atoms with Gasteiger partial charge in [-0.1, -0.05) is 11.6 Å². The van der Waals surface area contributed by atoms with Crippen LogP contribution in [0.2, 0.25) is 5.02 Å². The maximum absolute atomic E-state index is 6.13. The molecule has 0 saturated heterocycles. The molecule has 2 heterocycles. The second kappa shape index (κ2) is 8.12. The molecule has 0 aliphatic carbocycles. The van der Waals surface area contributed by atoms with Gasteiger partial charge in [0.15, 0.2) is 5.13 Å². The van der Waals surface area contributed by atoms with Crippen molar-refractivity contribution in [2.24, 2.45) is 0 Å². The van der Waals surface area contributed by atoms with Crippen LogP contribution in [0.1, 0.15) is 5.56 Å². The number of thiazole rings is 1. The summed E-state index contributed by atoms with van der Waals surface area (Å²) >= 11 is 7.71. The fraction of sp³-hybridized carbons (Fsp3) is 0.190. The molecule has 0 saturated carbocycles. The third-order valence-corrected chi connectivity index (χ3v) is 5.62. The lowest BCUT2D eigenvalue weighted by molar-refractivity contribution is 0.395. The van der Waals surface area contributed by atoms with Crippen molar-refractivity contribution < 1.29 is 9.47 Å². The first-order valence-corrected chi connectivity index (χ1v) is 10.1. The summed E-state index contributed by atoms with van der Waals surface area (Å²) in [6, 6.07) is 11.6. The van der Waals surface area contributed by atoms with Crippen molar-refractivity contribution in [3.63, 3.8) is 0 Å². The molecule has 0 fully saturated rings. The standard InChI is InChI=1S/C21H20ClN3O2S/c1-26-15-4-5-16(20(10-15)27-2)19-12-28-21(25-19)23-8-7-13-11-24-18-6-3-14(22)9-17(13)18/h3-6,9-12,24H,7-8H2,1-2H3,(H,23,25). The van der Waals surface area contributed by atoms with Gasteiger partial charge in [0.25, 0.3) is 0 Å². The molecule has 0 aliphatic heterocycles. The summed E-state index contributed by atoms with van der Waals surface area (Å²) in [6.45, 7) is 0.784. The Hall–Kier alpha value is -2.70. The number of ether oxygens (including phenoxy) is 2. The summed E-state index contributed by atoms with van der Waals surface area (Å²) in [5, 5.41) is 8.23. The van der Waals surface area contributed by atoms with Gasteiger partial charge < -0.3 is 19.8 Å². The van der Waals surface area contributed by atoms with Gasteiger partial charge >= 0.3 is 0 Å². The fourth-order valence-electron chi connectivity index (χ4n) is 3.15. The minimum absolute atomic E-state index is 0.742. The fourth-order valence-corrected chi connectivity index (χ4v) is 4.06. The summed E-state index contributed by atoms with van der Waals surface area (Å²) in [4.78, 5) is 7.99. The molecule has 4 rings (SSSR count). The zero-order valence-electron chi connectivity index (χ0n) is 15.6. The van der Waals surface area contributed by atoms with E-state index < -0.39 is 0 Å². The molecule has 0 bridgehead atoms. The second-order valence-corrected chi connectivity index (χ2v) is 7.58. The molecule has 7 heteroatoms. The van der Waals surface area contributed by atoms with Crippen molar-refractivity contribution in [3.8, 4) is 22.8 Å². The van der Waals surface area contributed by atoms with Crippen LogP contribution in [0.4, 0.5) is 5.13 Å². The first-order chi connectivity index (χ1) is 13.7. The third kappa shape index (κ3) is 3.79. The predicted octanol–water partition coefficient (Wildman–Crippen LogP) is 5.62. The van der Waals surface area contributed by atoms with Gasteiger partial charge in [0, 0.05) is 45.7 Å². The molecule has 2 aromatic heterocycles. The van der Waals surface area contributed by atoms with Crippen molar-refractivity contribution in [1.29, 1.82) is 0 Å². The van der Waals surface area contributed by atoms with E-state index in [1.54, 1.807) is 25.6 Å². The van der Waals surface area contributed by atoms with Gasteiger partial charge in [-0.15, -0.1) is 11.3 Å². The maximum atomic E-state index is 6.13. The molecule has 0 atom stereocenters. The van der Waals surface area contributed by atoms with Crippen LogP contribution in [0.25, 0.3) is 22.2 Å².